The number of nitrogens with zero attached hydrogens (tertiary/aromatic N) is 4. The Morgan fingerprint density at radius 1 is 1.09 bits per heavy atom. The molecule has 166 valence electrons. The van der Waals surface area contributed by atoms with E-state index in [0.29, 0.717) is 18.2 Å². The van der Waals surface area contributed by atoms with Gasteiger partial charge in [0, 0.05) is 43.7 Å². The predicted octanol–water partition coefficient (Wildman–Crippen LogP) is 5.51. The van der Waals surface area contributed by atoms with Crippen molar-refractivity contribution in [3.05, 3.63) is 72.1 Å². The average molecular weight is 439 g/mol. The van der Waals surface area contributed by atoms with Crippen LogP contribution >= 0.6 is 0 Å². The molecule has 2 N–H and O–H groups in total. The zero-order valence-corrected chi connectivity index (χ0v) is 18.6. The van der Waals surface area contributed by atoms with Gasteiger partial charge in [0.2, 0.25) is 0 Å². The Kier molecular flexibility index (Phi) is 5.85. The zero-order valence-electron chi connectivity index (χ0n) is 18.6. The number of amides is 2. The van der Waals surface area contributed by atoms with Gasteiger partial charge in [0.15, 0.2) is 5.82 Å². The summed E-state index contributed by atoms with van der Waals surface area (Å²) in [5.74, 6) is 1.14. The summed E-state index contributed by atoms with van der Waals surface area (Å²) < 4.78 is 0. The summed E-state index contributed by atoms with van der Waals surface area (Å²) in [5, 5.41) is 6.40. The van der Waals surface area contributed by atoms with E-state index in [1.54, 1.807) is 11.1 Å². The van der Waals surface area contributed by atoms with Crippen molar-refractivity contribution >= 4 is 35.1 Å². The first-order valence-electron chi connectivity index (χ1n) is 11.2. The van der Waals surface area contributed by atoms with E-state index in [0.717, 1.165) is 53.9 Å². The van der Waals surface area contributed by atoms with Crippen molar-refractivity contribution < 1.29 is 4.79 Å². The molecule has 0 radical (unpaired) electrons. The first-order valence-corrected chi connectivity index (χ1v) is 11.2. The maximum absolute atomic E-state index is 13.4. The van der Waals surface area contributed by atoms with Crippen molar-refractivity contribution in [2.24, 2.45) is 4.99 Å². The number of aliphatic imine (C=N–C) groups is 1. The van der Waals surface area contributed by atoms with Gasteiger partial charge in [-0.1, -0.05) is 23.8 Å². The smallest absolute Gasteiger partial charge is 0.328 e. The summed E-state index contributed by atoms with van der Waals surface area (Å²) in [6, 6.07) is 15.8. The fourth-order valence-corrected chi connectivity index (χ4v) is 4.09. The van der Waals surface area contributed by atoms with Gasteiger partial charge in [-0.25, -0.2) is 14.8 Å². The van der Waals surface area contributed by atoms with Crippen LogP contribution in [0.1, 0.15) is 30.4 Å². The van der Waals surface area contributed by atoms with Gasteiger partial charge in [-0.15, -0.1) is 0 Å². The Balaban J connectivity index is 1.45. The monoisotopic (exact) mass is 438 g/mol. The Labute approximate surface area is 193 Å². The first kappa shape index (κ1) is 20.9. The number of carbonyl (C=O) groups excluding carboxylic acids is 1. The summed E-state index contributed by atoms with van der Waals surface area (Å²) in [7, 11) is 0. The van der Waals surface area contributed by atoms with Gasteiger partial charge in [0.05, 0.1) is 11.4 Å². The van der Waals surface area contributed by atoms with Crippen molar-refractivity contribution in [1.82, 2.24) is 9.97 Å². The molecule has 1 aromatic carbocycles. The lowest BCUT2D eigenvalue weighted by atomic mass is 10.1. The molecule has 0 atom stereocenters. The molecule has 0 spiro atoms. The van der Waals surface area contributed by atoms with Gasteiger partial charge in [-0.2, -0.15) is 0 Å². The van der Waals surface area contributed by atoms with E-state index in [-0.39, 0.29) is 6.03 Å². The van der Waals surface area contributed by atoms with Crippen LogP contribution in [0.15, 0.2) is 65.9 Å². The van der Waals surface area contributed by atoms with Gasteiger partial charge in [-0.3, -0.25) is 15.2 Å². The SMILES string of the molecule is Cc1cccc(-c2ccc3c(n2)N(C(=O)Nc2cc(C4=CN=CC4)ccn2)CCCCN3)c1. The normalized spacial score (nSPS) is 15.2. The van der Waals surface area contributed by atoms with Crippen molar-refractivity contribution in [2.45, 2.75) is 26.2 Å². The molecular weight excluding hydrogens is 412 g/mol. The maximum Gasteiger partial charge on any atom is 0.328 e. The largest absolute Gasteiger partial charge is 0.382 e. The summed E-state index contributed by atoms with van der Waals surface area (Å²) in [5.41, 5.74) is 6.01. The quantitative estimate of drug-likeness (QED) is 0.565. The highest BCUT2D eigenvalue weighted by Crippen LogP contribution is 2.31. The van der Waals surface area contributed by atoms with Crippen molar-refractivity contribution in [2.75, 3.05) is 28.6 Å². The van der Waals surface area contributed by atoms with Crippen LogP contribution in [0.2, 0.25) is 0 Å². The van der Waals surface area contributed by atoms with E-state index >= 15 is 0 Å². The molecular formula is C26H26N6O. The summed E-state index contributed by atoms with van der Waals surface area (Å²) >= 11 is 0. The average Bonchev–Trinajstić information content (AvgIpc) is 3.35. The molecule has 0 saturated heterocycles. The van der Waals surface area contributed by atoms with Crippen molar-refractivity contribution in [3.8, 4) is 11.3 Å². The van der Waals surface area contributed by atoms with Crippen LogP contribution in [-0.2, 0) is 0 Å². The molecule has 2 aliphatic rings. The molecule has 0 fully saturated rings. The number of hydrogen-bond acceptors (Lipinski definition) is 5. The number of pyridine rings is 2. The topological polar surface area (TPSA) is 82.5 Å². The fraction of sp³-hybridized carbons (Fsp3) is 0.231. The molecule has 5 rings (SSSR count). The lowest BCUT2D eigenvalue weighted by Gasteiger charge is -2.27. The van der Waals surface area contributed by atoms with Crippen LogP contribution in [0.3, 0.4) is 0 Å². The van der Waals surface area contributed by atoms with Crippen LogP contribution in [0, 0.1) is 6.92 Å². The summed E-state index contributed by atoms with van der Waals surface area (Å²) in [6.45, 7) is 3.51. The molecule has 4 heterocycles. The van der Waals surface area contributed by atoms with E-state index in [1.807, 2.05) is 48.8 Å². The second-order valence-corrected chi connectivity index (χ2v) is 8.27. The number of aryl methyl sites for hydroxylation is 1. The number of urea groups is 1. The van der Waals surface area contributed by atoms with Gasteiger partial charge < -0.3 is 5.32 Å². The number of benzene rings is 1. The Morgan fingerprint density at radius 3 is 2.88 bits per heavy atom. The summed E-state index contributed by atoms with van der Waals surface area (Å²) in [4.78, 5) is 28.5. The summed E-state index contributed by atoms with van der Waals surface area (Å²) in [6.07, 6.45) is 8.07. The van der Waals surface area contributed by atoms with Crippen molar-refractivity contribution in [3.63, 3.8) is 0 Å². The molecule has 2 aliphatic heterocycles. The van der Waals surface area contributed by atoms with E-state index in [2.05, 4.69) is 39.7 Å². The highest BCUT2D eigenvalue weighted by Gasteiger charge is 2.23. The predicted molar refractivity (Wildman–Crippen MR) is 134 cm³/mol. The number of anilines is 3. The minimum absolute atomic E-state index is 0.241. The lowest BCUT2D eigenvalue weighted by Crippen LogP contribution is -2.38. The third kappa shape index (κ3) is 4.62. The Hall–Kier alpha value is -4.00. The standard InChI is InChI=1S/C26H26N6O/c1-18-5-4-6-20(15-18)22-7-8-23-25(30-22)32(14-3-2-11-28-23)26(33)31-24-16-19(10-13-29-24)21-9-12-27-17-21/h4-8,10,12-13,15-17,28H,2-3,9,11,14H2,1H3,(H,29,31,33). The molecule has 3 aromatic rings. The maximum atomic E-state index is 13.4. The zero-order chi connectivity index (χ0) is 22.6. The van der Waals surface area contributed by atoms with E-state index in [1.165, 1.54) is 5.56 Å². The molecule has 0 bridgehead atoms. The number of fused-ring (bicyclic) bond motifs is 1. The number of allylic oxidation sites excluding steroid dienone is 1. The lowest BCUT2D eigenvalue weighted by molar-refractivity contribution is 0.256. The van der Waals surface area contributed by atoms with Crippen LogP contribution in [0.25, 0.3) is 16.8 Å². The van der Waals surface area contributed by atoms with Gasteiger partial charge in [0.25, 0.3) is 0 Å². The van der Waals surface area contributed by atoms with Gasteiger partial charge >= 0.3 is 6.03 Å². The van der Waals surface area contributed by atoms with Crippen LogP contribution < -0.4 is 15.5 Å². The second-order valence-electron chi connectivity index (χ2n) is 8.27. The second kappa shape index (κ2) is 9.24. The third-order valence-corrected chi connectivity index (χ3v) is 5.83. The van der Waals surface area contributed by atoms with Crippen molar-refractivity contribution in [1.29, 1.82) is 0 Å². The molecule has 2 amide bonds. The number of rotatable bonds is 3. The number of aromatic nitrogens is 2. The van der Waals surface area contributed by atoms with Crippen LogP contribution in [0.5, 0.6) is 0 Å². The number of nitrogens with one attached hydrogen (secondary N) is 2. The van der Waals surface area contributed by atoms with E-state index in [9.17, 15) is 4.79 Å². The van der Waals surface area contributed by atoms with Gasteiger partial charge in [0.1, 0.15) is 5.82 Å². The van der Waals surface area contributed by atoms with E-state index < -0.39 is 0 Å². The molecule has 2 aromatic heterocycles. The molecule has 0 aliphatic carbocycles. The Morgan fingerprint density at radius 2 is 2.03 bits per heavy atom. The third-order valence-electron chi connectivity index (χ3n) is 5.83. The fourth-order valence-electron chi connectivity index (χ4n) is 4.09. The molecule has 33 heavy (non-hydrogen) atoms. The van der Waals surface area contributed by atoms with Crippen LogP contribution in [-0.4, -0.2) is 35.3 Å². The number of carbonyl (C=O) groups is 1. The number of hydrogen-bond donors (Lipinski definition) is 2. The highest BCUT2D eigenvalue weighted by atomic mass is 16.2. The molecule has 0 saturated carbocycles. The molecule has 0 unspecified atom stereocenters. The van der Waals surface area contributed by atoms with Gasteiger partial charge in [-0.05, 0) is 61.2 Å². The highest BCUT2D eigenvalue weighted by molar-refractivity contribution is 6.03. The minimum Gasteiger partial charge on any atom is -0.382 e. The van der Waals surface area contributed by atoms with E-state index in [4.69, 9.17) is 4.98 Å². The molecule has 7 heteroatoms. The van der Waals surface area contributed by atoms with Crippen LogP contribution in [0.4, 0.5) is 22.1 Å². The minimum atomic E-state index is -0.241. The Bertz CT molecular complexity index is 1250. The first-order chi connectivity index (χ1) is 16.2. The molecule has 7 nitrogen and oxygen atoms in total.